The van der Waals surface area contributed by atoms with Gasteiger partial charge in [0, 0.05) is 31.5 Å². The number of thiophene rings is 1. The molecule has 0 aliphatic carbocycles. The largest absolute Gasteiger partial charge is 0.399 e. The van der Waals surface area contributed by atoms with Crippen molar-refractivity contribution in [2.24, 2.45) is 0 Å². The van der Waals surface area contributed by atoms with Gasteiger partial charge in [-0.3, -0.25) is 0 Å². The van der Waals surface area contributed by atoms with Crippen LogP contribution in [0.3, 0.4) is 0 Å². The minimum atomic E-state index is 0.789. The molecule has 0 aliphatic heterocycles. The highest BCUT2D eigenvalue weighted by molar-refractivity contribution is 7.25. The second-order valence-corrected chi connectivity index (χ2v) is 7.85. The molecule has 5 aromatic rings. The van der Waals surface area contributed by atoms with Crippen molar-refractivity contribution in [3.8, 4) is 22.3 Å². The van der Waals surface area contributed by atoms with Crippen LogP contribution in [0.1, 0.15) is 0 Å². The average Bonchev–Trinajstić information content (AvgIpc) is 3.06. The van der Waals surface area contributed by atoms with Crippen LogP contribution in [0.25, 0.3) is 42.4 Å². The fourth-order valence-corrected chi connectivity index (χ4v) is 4.67. The summed E-state index contributed by atoms with van der Waals surface area (Å²) in [5.74, 6) is 0. The lowest BCUT2D eigenvalue weighted by molar-refractivity contribution is 1.64. The van der Waals surface area contributed by atoms with Gasteiger partial charge in [-0.05, 0) is 58.7 Å². The van der Waals surface area contributed by atoms with Crippen LogP contribution in [0.5, 0.6) is 0 Å². The third kappa shape index (κ3) is 2.82. The number of hydrogen-bond donors (Lipinski definition) is 2. The highest BCUT2D eigenvalue weighted by atomic mass is 32.1. The van der Waals surface area contributed by atoms with Crippen LogP contribution in [-0.4, -0.2) is 0 Å². The van der Waals surface area contributed by atoms with Gasteiger partial charge in [0.15, 0.2) is 0 Å². The molecule has 4 aromatic carbocycles. The molecule has 2 nitrogen and oxygen atoms in total. The van der Waals surface area contributed by atoms with Gasteiger partial charge >= 0.3 is 0 Å². The maximum absolute atomic E-state index is 5.81. The molecule has 0 unspecified atom stereocenters. The Kier molecular flexibility index (Phi) is 3.62. The smallest absolute Gasteiger partial charge is 0.0361 e. The summed E-state index contributed by atoms with van der Waals surface area (Å²) in [4.78, 5) is 0. The average molecular weight is 366 g/mol. The van der Waals surface area contributed by atoms with Crippen LogP contribution < -0.4 is 11.5 Å². The van der Waals surface area contributed by atoms with Crippen molar-refractivity contribution in [2.75, 3.05) is 11.5 Å². The highest BCUT2D eigenvalue weighted by Gasteiger charge is 2.08. The molecule has 0 aliphatic rings. The van der Waals surface area contributed by atoms with E-state index < -0.39 is 0 Å². The molecule has 0 bridgehead atoms. The molecule has 4 N–H and O–H groups in total. The van der Waals surface area contributed by atoms with Gasteiger partial charge in [0.2, 0.25) is 0 Å². The Morgan fingerprint density at radius 2 is 0.815 bits per heavy atom. The molecule has 0 atom stereocenters. The summed E-state index contributed by atoms with van der Waals surface area (Å²) >= 11 is 1.84. The second-order valence-electron chi connectivity index (χ2n) is 6.77. The summed E-state index contributed by atoms with van der Waals surface area (Å²) in [6.07, 6.45) is 0. The summed E-state index contributed by atoms with van der Waals surface area (Å²) in [6, 6.07) is 29.5. The van der Waals surface area contributed by atoms with Crippen molar-refractivity contribution in [3.05, 3.63) is 84.9 Å². The first kappa shape index (κ1) is 15.9. The highest BCUT2D eigenvalue weighted by Crippen LogP contribution is 2.38. The maximum Gasteiger partial charge on any atom is 0.0361 e. The monoisotopic (exact) mass is 366 g/mol. The summed E-state index contributed by atoms with van der Waals surface area (Å²) in [5.41, 5.74) is 18.0. The lowest BCUT2D eigenvalue weighted by atomic mass is 10.0. The van der Waals surface area contributed by atoms with Gasteiger partial charge in [-0.1, -0.05) is 48.5 Å². The fraction of sp³-hybridized carbons (Fsp3) is 0. The maximum atomic E-state index is 5.81. The van der Waals surface area contributed by atoms with Crippen molar-refractivity contribution >= 4 is 42.9 Å². The molecule has 0 saturated carbocycles. The van der Waals surface area contributed by atoms with Crippen LogP contribution in [0.15, 0.2) is 84.9 Å². The molecular formula is C24H18N2S. The topological polar surface area (TPSA) is 52.0 Å². The van der Waals surface area contributed by atoms with Gasteiger partial charge in [-0.2, -0.15) is 0 Å². The molecule has 130 valence electrons. The Hall–Kier alpha value is -3.30. The number of hydrogen-bond acceptors (Lipinski definition) is 3. The summed E-state index contributed by atoms with van der Waals surface area (Å²) < 4.78 is 2.60. The number of benzene rings is 4. The summed E-state index contributed by atoms with van der Waals surface area (Å²) in [7, 11) is 0. The van der Waals surface area contributed by atoms with E-state index in [1.807, 2.05) is 35.6 Å². The lowest BCUT2D eigenvalue weighted by Crippen LogP contribution is -1.84. The summed E-state index contributed by atoms with van der Waals surface area (Å²) in [6.45, 7) is 0. The van der Waals surface area contributed by atoms with Crippen LogP contribution in [0, 0.1) is 0 Å². The van der Waals surface area contributed by atoms with Crippen LogP contribution in [-0.2, 0) is 0 Å². The van der Waals surface area contributed by atoms with E-state index >= 15 is 0 Å². The van der Waals surface area contributed by atoms with Gasteiger partial charge in [0.05, 0.1) is 0 Å². The quantitative estimate of drug-likeness (QED) is 0.348. The predicted molar refractivity (Wildman–Crippen MR) is 119 cm³/mol. The molecule has 3 heteroatoms. The van der Waals surface area contributed by atoms with E-state index in [9.17, 15) is 0 Å². The van der Waals surface area contributed by atoms with Gasteiger partial charge < -0.3 is 11.5 Å². The molecule has 1 aromatic heterocycles. The number of rotatable bonds is 2. The van der Waals surface area contributed by atoms with Gasteiger partial charge in [-0.25, -0.2) is 0 Å². The van der Waals surface area contributed by atoms with Gasteiger partial charge in [0.1, 0.15) is 0 Å². The van der Waals surface area contributed by atoms with Crippen LogP contribution in [0.4, 0.5) is 11.4 Å². The van der Waals surface area contributed by atoms with Crippen molar-refractivity contribution in [3.63, 3.8) is 0 Å². The SMILES string of the molecule is Nc1ccc(-c2ccc3c(c2)sc2cc(-c4ccc(N)cc4)ccc23)cc1. The third-order valence-electron chi connectivity index (χ3n) is 4.96. The Bertz CT molecular complexity index is 1170. The third-order valence-corrected chi connectivity index (χ3v) is 6.08. The zero-order valence-corrected chi connectivity index (χ0v) is 15.5. The first-order valence-corrected chi connectivity index (χ1v) is 9.67. The van der Waals surface area contributed by atoms with Crippen molar-refractivity contribution < 1.29 is 0 Å². The molecule has 0 amide bonds. The number of anilines is 2. The zero-order chi connectivity index (χ0) is 18.4. The normalized spacial score (nSPS) is 11.3. The second kappa shape index (κ2) is 6.15. The van der Waals surface area contributed by atoms with E-state index in [-0.39, 0.29) is 0 Å². The summed E-state index contributed by atoms with van der Waals surface area (Å²) in [5, 5.41) is 2.61. The molecule has 5 rings (SSSR count). The van der Waals surface area contributed by atoms with Gasteiger partial charge in [-0.15, -0.1) is 11.3 Å². The van der Waals surface area contributed by atoms with E-state index in [0.29, 0.717) is 0 Å². The molecule has 0 spiro atoms. The molecule has 0 fully saturated rings. The fourth-order valence-electron chi connectivity index (χ4n) is 3.49. The van der Waals surface area contributed by atoms with E-state index in [0.717, 1.165) is 11.4 Å². The Morgan fingerprint density at radius 3 is 1.22 bits per heavy atom. The minimum Gasteiger partial charge on any atom is -0.399 e. The number of fused-ring (bicyclic) bond motifs is 3. The van der Waals surface area contributed by atoms with Crippen molar-refractivity contribution in [1.29, 1.82) is 0 Å². The predicted octanol–water partition coefficient (Wildman–Crippen LogP) is 6.55. The Morgan fingerprint density at radius 1 is 0.444 bits per heavy atom. The Balaban J connectivity index is 1.62. The Labute approximate surface area is 161 Å². The van der Waals surface area contributed by atoms with Gasteiger partial charge in [0.25, 0.3) is 0 Å². The first-order chi connectivity index (χ1) is 13.2. The molecule has 27 heavy (non-hydrogen) atoms. The van der Waals surface area contributed by atoms with Crippen molar-refractivity contribution in [2.45, 2.75) is 0 Å². The zero-order valence-electron chi connectivity index (χ0n) is 14.6. The van der Waals surface area contributed by atoms with E-state index in [4.69, 9.17) is 11.5 Å². The molecule has 0 radical (unpaired) electrons. The molecular weight excluding hydrogens is 348 g/mol. The lowest BCUT2D eigenvalue weighted by Gasteiger charge is -2.03. The number of nitrogen functional groups attached to an aromatic ring is 2. The molecule has 1 heterocycles. The number of nitrogens with two attached hydrogens (primary N) is 2. The van der Waals surface area contributed by atoms with E-state index in [2.05, 4.69) is 60.7 Å². The first-order valence-electron chi connectivity index (χ1n) is 8.85. The van der Waals surface area contributed by atoms with E-state index in [1.165, 1.54) is 42.4 Å². The minimum absolute atomic E-state index is 0.789. The van der Waals surface area contributed by atoms with Crippen LogP contribution in [0.2, 0.25) is 0 Å². The standard InChI is InChI=1S/C24H18N2S/c25-19-7-1-15(2-8-19)17-5-11-21-22-12-6-18(14-24(22)27-23(21)13-17)16-3-9-20(26)10-4-16/h1-14H,25-26H2. The molecule has 0 saturated heterocycles. The van der Waals surface area contributed by atoms with E-state index in [1.54, 1.807) is 0 Å². The van der Waals surface area contributed by atoms with Crippen molar-refractivity contribution in [1.82, 2.24) is 0 Å². The van der Waals surface area contributed by atoms with Crippen LogP contribution >= 0.6 is 11.3 Å².